The lowest BCUT2D eigenvalue weighted by atomic mass is 10.1. The highest BCUT2D eigenvalue weighted by atomic mass is 16.5. The van der Waals surface area contributed by atoms with E-state index in [4.69, 9.17) is 5.11 Å². The van der Waals surface area contributed by atoms with Gasteiger partial charge < -0.3 is 15.2 Å². The van der Waals surface area contributed by atoms with Gasteiger partial charge in [0, 0.05) is 6.92 Å². The zero-order valence-corrected chi connectivity index (χ0v) is 9.06. The number of hydrogen-bond acceptors (Lipinski definition) is 4. The van der Waals surface area contributed by atoms with Crippen LogP contribution < -0.4 is 5.32 Å². The predicted octanol–water partition coefficient (Wildman–Crippen LogP) is 0.0851. The van der Waals surface area contributed by atoms with Crippen LogP contribution in [-0.4, -0.2) is 35.6 Å². The standard InChI is InChI=1S/C10H15NO5/c1-3-4-5-8(10(14)15)11-9(13)6-16-7(2)12/h3,8H,1,4-6H2,2H3,(H,11,13)(H,14,15)/t8-/m0/s1. The predicted molar refractivity (Wildman–Crippen MR) is 55.6 cm³/mol. The summed E-state index contributed by atoms with van der Waals surface area (Å²) in [6.07, 6.45) is 2.30. The van der Waals surface area contributed by atoms with Gasteiger partial charge in [-0.15, -0.1) is 6.58 Å². The van der Waals surface area contributed by atoms with Crippen molar-refractivity contribution in [2.45, 2.75) is 25.8 Å². The molecule has 2 N–H and O–H groups in total. The van der Waals surface area contributed by atoms with Crippen molar-refractivity contribution in [2.75, 3.05) is 6.61 Å². The molecule has 0 spiro atoms. The maximum absolute atomic E-state index is 11.1. The molecule has 0 aromatic heterocycles. The Morgan fingerprint density at radius 3 is 2.56 bits per heavy atom. The number of carbonyl (C=O) groups excluding carboxylic acids is 2. The Kier molecular flexibility index (Phi) is 6.58. The molecule has 0 aliphatic rings. The third-order valence-electron chi connectivity index (χ3n) is 1.70. The van der Waals surface area contributed by atoms with Crippen LogP contribution in [0.25, 0.3) is 0 Å². The molecule has 0 aliphatic heterocycles. The van der Waals surface area contributed by atoms with Gasteiger partial charge in [-0.25, -0.2) is 4.79 Å². The molecule has 0 bridgehead atoms. The van der Waals surface area contributed by atoms with E-state index in [0.29, 0.717) is 6.42 Å². The second kappa shape index (κ2) is 7.44. The van der Waals surface area contributed by atoms with Crippen molar-refractivity contribution >= 4 is 17.8 Å². The second-order valence-corrected chi connectivity index (χ2v) is 3.10. The molecule has 6 nitrogen and oxygen atoms in total. The van der Waals surface area contributed by atoms with Crippen LogP contribution in [0.3, 0.4) is 0 Å². The van der Waals surface area contributed by atoms with Crippen molar-refractivity contribution in [1.29, 1.82) is 0 Å². The molecule has 0 fully saturated rings. The second-order valence-electron chi connectivity index (χ2n) is 3.10. The molecule has 0 aliphatic carbocycles. The smallest absolute Gasteiger partial charge is 0.326 e. The van der Waals surface area contributed by atoms with Gasteiger partial charge in [-0.1, -0.05) is 6.08 Å². The molecule has 0 radical (unpaired) electrons. The van der Waals surface area contributed by atoms with Crippen molar-refractivity contribution in [1.82, 2.24) is 5.32 Å². The minimum absolute atomic E-state index is 0.255. The Hall–Kier alpha value is -1.85. The minimum Gasteiger partial charge on any atom is -0.480 e. The molecule has 0 aromatic carbocycles. The summed E-state index contributed by atoms with van der Waals surface area (Å²) in [5.74, 6) is -2.35. The highest BCUT2D eigenvalue weighted by Gasteiger charge is 2.19. The van der Waals surface area contributed by atoms with E-state index in [1.165, 1.54) is 6.92 Å². The third kappa shape index (κ3) is 6.58. The number of carboxylic acid groups (broad SMARTS) is 1. The van der Waals surface area contributed by atoms with E-state index in [-0.39, 0.29) is 6.42 Å². The van der Waals surface area contributed by atoms with E-state index in [0.717, 1.165) is 0 Å². The zero-order valence-electron chi connectivity index (χ0n) is 9.06. The van der Waals surface area contributed by atoms with Crippen LogP contribution in [0.5, 0.6) is 0 Å². The van der Waals surface area contributed by atoms with Gasteiger partial charge in [-0.05, 0) is 12.8 Å². The van der Waals surface area contributed by atoms with Crippen molar-refractivity contribution in [3.05, 3.63) is 12.7 Å². The van der Waals surface area contributed by atoms with Gasteiger partial charge in [0.2, 0.25) is 0 Å². The number of carboxylic acids is 1. The number of carbonyl (C=O) groups is 3. The fourth-order valence-electron chi connectivity index (χ4n) is 0.945. The summed E-state index contributed by atoms with van der Waals surface area (Å²) in [5, 5.41) is 11.0. The van der Waals surface area contributed by atoms with Crippen LogP contribution in [0.1, 0.15) is 19.8 Å². The average Bonchev–Trinajstić information content (AvgIpc) is 2.20. The maximum atomic E-state index is 11.1. The number of aliphatic carboxylic acids is 1. The van der Waals surface area contributed by atoms with Gasteiger partial charge in [-0.3, -0.25) is 9.59 Å². The molecule has 16 heavy (non-hydrogen) atoms. The molecular weight excluding hydrogens is 214 g/mol. The molecule has 0 heterocycles. The number of rotatable bonds is 7. The fraction of sp³-hybridized carbons (Fsp3) is 0.500. The summed E-state index contributed by atoms with van der Waals surface area (Å²) in [4.78, 5) is 32.3. The normalized spacial score (nSPS) is 11.3. The van der Waals surface area contributed by atoms with Crippen LogP contribution in [0.15, 0.2) is 12.7 Å². The topological polar surface area (TPSA) is 92.7 Å². The summed E-state index contributed by atoms with van der Waals surface area (Å²) in [6.45, 7) is 4.16. The summed E-state index contributed by atoms with van der Waals surface area (Å²) in [6, 6.07) is -0.985. The van der Waals surface area contributed by atoms with Crippen LogP contribution in [0.4, 0.5) is 0 Å². The Labute approximate surface area is 93.3 Å². The van der Waals surface area contributed by atoms with Gasteiger partial charge in [0.15, 0.2) is 6.61 Å². The van der Waals surface area contributed by atoms with Gasteiger partial charge in [0.1, 0.15) is 6.04 Å². The first kappa shape index (κ1) is 14.2. The molecule has 0 saturated heterocycles. The first-order valence-electron chi connectivity index (χ1n) is 4.73. The van der Waals surface area contributed by atoms with Gasteiger partial charge >= 0.3 is 11.9 Å². The quantitative estimate of drug-likeness (QED) is 0.476. The summed E-state index contributed by atoms with van der Waals surface area (Å²) in [5.41, 5.74) is 0. The monoisotopic (exact) mass is 229 g/mol. The van der Waals surface area contributed by atoms with Crippen LogP contribution in [0, 0.1) is 0 Å². The van der Waals surface area contributed by atoms with Crippen LogP contribution in [0.2, 0.25) is 0 Å². The number of amides is 1. The number of nitrogens with one attached hydrogen (secondary N) is 1. The van der Waals surface area contributed by atoms with Crippen molar-refractivity contribution in [3.8, 4) is 0 Å². The Morgan fingerprint density at radius 2 is 2.12 bits per heavy atom. The largest absolute Gasteiger partial charge is 0.480 e. The lowest BCUT2D eigenvalue weighted by molar-refractivity contribution is -0.148. The Balaban J connectivity index is 4.07. The average molecular weight is 229 g/mol. The van der Waals surface area contributed by atoms with Crippen molar-refractivity contribution < 1.29 is 24.2 Å². The zero-order chi connectivity index (χ0) is 12.6. The number of ether oxygens (including phenoxy) is 1. The lowest BCUT2D eigenvalue weighted by Gasteiger charge is -2.13. The number of esters is 1. The molecule has 90 valence electrons. The Bertz CT molecular complexity index is 287. The SMILES string of the molecule is C=CCC[C@H](NC(=O)COC(C)=O)C(=O)O. The summed E-state index contributed by atoms with van der Waals surface area (Å²) < 4.78 is 4.42. The van der Waals surface area contributed by atoms with Crippen molar-refractivity contribution in [2.24, 2.45) is 0 Å². The molecule has 1 amide bonds. The van der Waals surface area contributed by atoms with Gasteiger partial charge in [0.25, 0.3) is 5.91 Å². The summed E-state index contributed by atoms with van der Waals surface area (Å²) in [7, 11) is 0. The van der Waals surface area contributed by atoms with E-state index in [1.807, 2.05) is 0 Å². The molecule has 0 aromatic rings. The Morgan fingerprint density at radius 1 is 1.50 bits per heavy atom. The van der Waals surface area contributed by atoms with E-state index < -0.39 is 30.5 Å². The van der Waals surface area contributed by atoms with Crippen molar-refractivity contribution in [3.63, 3.8) is 0 Å². The van der Waals surface area contributed by atoms with E-state index in [9.17, 15) is 14.4 Å². The molecular formula is C10H15NO5. The molecule has 1 atom stereocenters. The van der Waals surface area contributed by atoms with Crippen LogP contribution in [-0.2, 0) is 19.1 Å². The first-order chi connectivity index (χ1) is 7.47. The molecule has 6 heteroatoms. The lowest BCUT2D eigenvalue weighted by Crippen LogP contribution is -2.42. The van der Waals surface area contributed by atoms with Gasteiger partial charge in [-0.2, -0.15) is 0 Å². The first-order valence-corrected chi connectivity index (χ1v) is 4.73. The van der Waals surface area contributed by atoms with Crippen LogP contribution >= 0.6 is 0 Å². The molecule has 0 rings (SSSR count). The molecule has 0 unspecified atom stereocenters. The highest BCUT2D eigenvalue weighted by Crippen LogP contribution is 1.98. The van der Waals surface area contributed by atoms with Gasteiger partial charge in [0.05, 0.1) is 0 Å². The van der Waals surface area contributed by atoms with E-state index in [1.54, 1.807) is 6.08 Å². The third-order valence-corrected chi connectivity index (χ3v) is 1.70. The minimum atomic E-state index is -1.13. The summed E-state index contributed by atoms with van der Waals surface area (Å²) >= 11 is 0. The maximum Gasteiger partial charge on any atom is 0.326 e. The number of allylic oxidation sites excluding steroid dienone is 1. The molecule has 0 saturated carbocycles. The van der Waals surface area contributed by atoms with E-state index >= 15 is 0 Å². The van der Waals surface area contributed by atoms with E-state index in [2.05, 4.69) is 16.6 Å². The fourth-order valence-corrected chi connectivity index (χ4v) is 0.945. The highest BCUT2D eigenvalue weighted by molar-refractivity contribution is 5.85. The number of hydrogen-bond donors (Lipinski definition) is 2.